The maximum Gasteiger partial charge on any atom is 0.142 e. The number of hydrogen-bond acceptors (Lipinski definition) is 4. The van der Waals surface area contributed by atoms with E-state index in [2.05, 4.69) is 26.1 Å². The van der Waals surface area contributed by atoms with Crippen LogP contribution in [-0.4, -0.2) is 29.9 Å². The first-order valence-corrected chi connectivity index (χ1v) is 6.20. The summed E-state index contributed by atoms with van der Waals surface area (Å²) >= 11 is 0. The lowest BCUT2D eigenvalue weighted by Crippen LogP contribution is -2.42. The molecule has 0 spiro atoms. The molecule has 4 nitrogen and oxygen atoms in total. The van der Waals surface area contributed by atoms with Gasteiger partial charge >= 0.3 is 0 Å². The minimum atomic E-state index is -0.552. The fourth-order valence-corrected chi connectivity index (χ4v) is 1.45. The second-order valence-corrected chi connectivity index (χ2v) is 5.58. The van der Waals surface area contributed by atoms with Crippen LogP contribution >= 0.6 is 0 Å². The minimum absolute atomic E-state index is 0.0106. The highest BCUT2D eigenvalue weighted by Crippen LogP contribution is 2.24. The molecule has 18 heavy (non-hydrogen) atoms. The number of nitrogen functional groups attached to an aromatic ring is 1. The maximum absolute atomic E-state index is 9.81. The Morgan fingerprint density at radius 1 is 1.39 bits per heavy atom. The molecular formula is C14H24N2O2. The normalized spacial score (nSPS) is 13.4. The number of aliphatic hydroxyl groups is 1. The highest BCUT2D eigenvalue weighted by Gasteiger charge is 2.13. The Morgan fingerprint density at radius 2 is 2.06 bits per heavy atom. The molecule has 1 aromatic rings. The van der Waals surface area contributed by atoms with Gasteiger partial charge in [-0.3, -0.25) is 0 Å². The molecule has 1 rings (SSSR count). The number of nitrogens with two attached hydrogens (primary N) is 1. The van der Waals surface area contributed by atoms with Crippen LogP contribution < -0.4 is 15.8 Å². The molecule has 0 aliphatic heterocycles. The van der Waals surface area contributed by atoms with E-state index in [1.165, 1.54) is 0 Å². The molecule has 0 saturated carbocycles. The monoisotopic (exact) mass is 252 g/mol. The molecule has 102 valence electrons. The fourth-order valence-electron chi connectivity index (χ4n) is 1.45. The summed E-state index contributed by atoms with van der Waals surface area (Å²) in [4.78, 5) is 0. The molecule has 0 heterocycles. The van der Waals surface area contributed by atoms with Crippen molar-refractivity contribution >= 4 is 5.69 Å². The van der Waals surface area contributed by atoms with E-state index in [0.29, 0.717) is 18.0 Å². The third-order valence-corrected chi connectivity index (χ3v) is 2.58. The average Bonchev–Trinajstić information content (AvgIpc) is 2.27. The highest BCUT2D eigenvalue weighted by atomic mass is 16.5. The molecule has 1 aromatic carbocycles. The molecule has 0 amide bonds. The van der Waals surface area contributed by atoms with Crippen molar-refractivity contribution in [3.05, 3.63) is 23.8 Å². The molecule has 0 saturated heterocycles. The van der Waals surface area contributed by atoms with E-state index in [-0.39, 0.29) is 12.1 Å². The van der Waals surface area contributed by atoms with E-state index in [4.69, 9.17) is 10.5 Å². The van der Waals surface area contributed by atoms with Gasteiger partial charge in [-0.05, 0) is 39.3 Å². The van der Waals surface area contributed by atoms with Crippen LogP contribution in [0.3, 0.4) is 0 Å². The lowest BCUT2D eigenvalue weighted by atomic mass is 10.1. The Kier molecular flexibility index (Phi) is 4.99. The van der Waals surface area contributed by atoms with Gasteiger partial charge in [-0.15, -0.1) is 0 Å². The molecule has 0 bridgehead atoms. The molecule has 1 atom stereocenters. The largest absolute Gasteiger partial charge is 0.489 e. The standard InChI is InChI=1S/C14H24N2O2/c1-10-6-5-7-12(13(10)15)18-9-11(17)8-16-14(2,3)4/h5-7,11,16-17H,8-9,15H2,1-4H3. The summed E-state index contributed by atoms with van der Waals surface area (Å²) in [6.45, 7) is 8.82. The van der Waals surface area contributed by atoms with Crippen LogP contribution in [0, 0.1) is 6.92 Å². The summed E-state index contributed by atoms with van der Waals surface area (Å²) in [5, 5.41) is 13.0. The molecule has 0 fully saturated rings. The molecule has 1 unspecified atom stereocenters. The summed E-state index contributed by atoms with van der Waals surface area (Å²) in [5.74, 6) is 0.629. The quantitative estimate of drug-likeness (QED) is 0.698. The number of ether oxygens (including phenoxy) is 1. The molecule has 0 aromatic heterocycles. The van der Waals surface area contributed by atoms with Crippen LogP contribution in [0.25, 0.3) is 0 Å². The lowest BCUT2D eigenvalue weighted by Gasteiger charge is -2.23. The molecule has 4 heteroatoms. The van der Waals surface area contributed by atoms with Crippen molar-refractivity contribution in [2.75, 3.05) is 18.9 Å². The number of aliphatic hydroxyl groups excluding tert-OH is 1. The van der Waals surface area contributed by atoms with Gasteiger partial charge in [-0.1, -0.05) is 12.1 Å². The van der Waals surface area contributed by atoms with Crippen LogP contribution in [-0.2, 0) is 0 Å². The minimum Gasteiger partial charge on any atom is -0.489 e. The zero-order chi connectivity index (χ0) is 13.8. The molecule has 0 radical (unpaired) electrons. The van der Waals surface area contributed by atoms with Crippen LogP contribution in [0.2, 0.25) is 0 Å². The van der Waals surface area contributed by atoms with Crippen molar-refractivity contribution in [3.63, 3.8) is 0 Å². The lowest BCUT2D eigenvalue weighted by molar-refractivity contribution is 0.100. The van der Waals surface area contributed by atoms with Gasteiger partial charge in [0.05, 0.1) is 5.69 Å². The number of anilines is 1. The Balaban J connectivity index is 2.43. The van der Waals surface area contributed by atoms with Gasteiger partial charge in [0.15, 0.2) is 0 Å². The zero-order valence-corrected chi connectivity index (χ0v) is 11.7. The number of hydrogen-bond donors (Lipinski definition) is 3. The second kappa shape index (κ2) is 6.07. The smallest absolute Gasteiger partial charge is 0.142 e. The van der Waals surface area contributed by atoms with Gasteiger partial charge < -0.3 is 20.9 Å². The zero-order valence-electron chi connectivity index (χ0n) is 11.7. The van der Waals surface area contributed by atoms with E-state index in [1.54, 1.807) is 0 Å². The van der Waals surface area contributed by atoms with E-state index in [1.807, 2.05) is 25.1 Å². The van der Waals surface area contributed by atoms with Crippen molar-refractivity contribution < 1.29 is 9.84 Å². The SMILES string of the molecule is Cc1cccc(OCC(O)CNC(C)(C)C)c1N. The topological polar surface area (TPSA) is 67.5 Å². The van der Waals surface area contributed by atoms with Crippen LogP contribution in [0.4, 0.5) is 5.69 Å². The summed E-state index contributed by atoms with van der Waals surface area (Å²) in [6.07, 6.45) is -0.552. The first kappa shape index (κ1) is 14.8. The van der Waals surface area contributed by atoms with Gasteiger partial charge in [0.2, 0.25) is 0 Å². The molecule has 0 aliphatic carbocycles. The third kappa shape index (κ3) is 4.94. The van der Waals surface area contributed by atoms with Gasteiger partial charge in [0.25, 0.3) is 0 Å². The van der Waals surface area contributed by atoms with E-state index >= 15 is 0 Å². The number of β-amino-alcohol motifs (C(OH)–C–C–N with tert-alkyl or cyclic N) is 1. The van der Waals surface area contributed by atoms with E-state index in [0.717, 1.165) is 5.56 Å². The Morgan fingerprint density at radius 3 is 2.67 bits per heavy atom. The Hall–Kier alpha value is -1.26. The molecular weight excluding hydrogens is 228 g/mol. The number of benzene rings is 1. The Bertz CT molecular complexity index is 386. The number of nitrogens with one attached hydrogen (secondary N) is 1. The van der Waals surface area contributed by atoms with Crippen molar-refractivity contribution in [1.29, 1.82) is 0 Å². The first-order chi connectivity index (χ1) is 8.29. The van der Waals surface area contributed by atoms with Crippen molar-refractivity contribution in [2.45, 2.75) is 39.3 Å². The van der Waals surface area contributed by atoms with Crippen LogP contribution in [0.1, 0.15) is 26.3 Å². The van der Waals surface area contributed by atoms with E-state index in [9.17, 15) is 5.11 Å². The van der Waals surface area contributed by atoms with Crippen LogP contribution in [0.15, 0.2) is 18.2 Å². The second-order valence-electron chi connectivity index (χ2n) is 5.58. The number of para-hydroxylation sites is 1. The maximum atomic E-state index is 9.81. The third-order valence-electron chi connectivity index (χ3n) is 2.58. The first-order valence-electron chi connectivity index (χ1n) is 6.20. The summed E-state index contributed by atoms with van der Waals surface area (Å²) in [6, 6.07) is 5.63. The summed E-state index contributed by atoms with van der Waals surface area (Å²) < 4.78 is 5.53. The highest BCUT2D eigenvalue weighted by molar-refractivity contribution is 5.57. The fraction of sp³-hybridized carbons (Fsp3) is 0.571. The van der Waals surface area contributed by atoms with Crippen molar-refractivity contribution in [2.24, 2.45) is 0 Å². The Labute approximate surface area is 109 Å². The van der Waals surface area contributed by atoms with Crippen molar-refractivity contribution in [3.8, 4) is 5.75 Å². The average molecular weight is 252 g/mol. The molecule has 0 aliphatic rings. The molecule has 4 N–H and O–H groups in total. The predicted molar refractivity (Wildman–Crippen MR) is 74.8 cm³/mol. The van der Waals surface area contributed by atoms with Gasteiger partial charge in [-0.2, -0.15) is 0 Å². The van der Waals surface area contributed by atoms with Gasteiger partial charge in [0.1, 0.15) is 18.5 Å². The predicted octanol–water partition coefficient (Wildman–Crippen LogP) is 1.71. The van der Waals surface area contributed by atoms with E-state index < -0.39 is 6.10 Å². The summed E-state index contributed by atoms with van der Waals surface area (Å²) in [7, 11) is 0. The van der Waals surface area contributed by atoms with Crippen LogP contribution in [0.5, 0.6) is 5.75 Å². The summed E-state index contributed by atoms with van der Waals surface area (Å²) in [5.41, 5.74) is 7.49. The number of aryl methyl sites for hydroxylation is 1. The number of rotatable bonds is 5. The van der Waals surface area contributed by atoms with Gasteiger partial charge in [0, 0.05) is 12.1 Å². The van der Waals surface area contributed by atoms with Crippen molar-refractivity contribution in [1.82, 2.24) is 5.32 Å². The van der Waals surface area contributed by atoms with Gasteiger partial charge in [-0.25, -0.2) is 0 Å².